The number of ether oxygens (including phenoxy) is 1. The third kappa shape index (κ3) is 2.65. The minimum Gasteiger partial charge on any atom is -0.394 e. The molecule has 1 aliphatic rings. The van der Waals surface area contributed by atoms with Crippen molar-refractivity contribution in [1.29, 1.82) is 0 Å². The van der Waals surface area contributed by atoms with Crippen molar-refractivity contribution in [2.75, 3.05) is 6.61 Å². The standard InChI is InChI=1S/C8H15NO5/c1-4(11)9-5-2-6(12)7(3-10)14-8(5)13/h5-8,10,12-13H,2-3H2,1H3,(H,9,11)/t5-,6+,7-,8-/m1/s1. The molecule has 1 saturated heterocycles. The van der Waals surface area contributed by atoms with Crippen molar-refractivity contribution in [3.8, 4) is 0 Å². The average molecular weight is 205 g/mol. The first-order chi connectivity index (χ1) is 6.54. The lowest BCUT2D eigenvalue weighted by molar-refractivity contribution is -0.221. The number of hydrogen-bond acceptors (Lipinski definition) is 5. The van der Waals surface area contributed by atoms with Crippen LogP contribution < -0.4 is 5.32 Å². The molecule has 82 valence electrons. The normalized spacial score (nSPS) is 38.0. The van der Waals surface area contributed by atoms with E-state index in [9.17, 15) is 15.0 Å². The van der Waals surface area contributed by atoms with Gasteiger partial charge in [0.2, 0.25) is 5.91 Å². The van der Waals surface area contributed by atoms with Gasteiger partial charge in [-0.2, -0.15) is 0 Å². The second kappa shape index (κ2) is 4.70. The third-order valence-electron chi connectivity index (χ3n) is 2.15. The molecule has 0 radical (unpaired) electrons. The van der Waals surface area contributed by atoms with Crippen LogP contribution in [0.4, 0.5) is 0 Å². The number of aliphatic hydroxyl groups excluding tert-OH is 3. The topological polar surface area (TPSA) is 99.0 Å². The van der Waals surface area contributed by atoms with E-state index in [0.717, 1.165) is 0 Å². The Labute approximate surface area is 81.5 Å². The molecule has 0 bridgehead atoms. The van der Waals surface area contributed by atoms with Crippen LogP contribution in [0.15, 0.2) is 0 Å². The Balaban J connectivity index is 2.52. The van der Waals surface area contributed by atoms with Crippen molar-refractivity contribution in [3.63, 3.8) is 0 Å². The molecule has 0 saturated carbocycles. The molecule has 0 unspecified atom stereocenters. The van der Waals surface area contributed by atoms with Gasteiger partial charge in [0, 0.05) is 13.3 Å². The summed E-state index contributed by atoms with van der Waals surface area (Å²) in [6.45, 7) is 0.961. The van der Waals surface area contributed by atoms with E-state index in [0.29, 0.717) is 0 Å². The lowest BCUT2D eigenvalue weighted by Crippen LogP contribution is -2.55. The molecule has 0 aromatic rings. The maximum atomic E-state index is 10.7. The number of hydrogen-bond donors (Lipinski definition) is 4. The minimum atomic E-state index is -1.18. The Morgan fingerprint density at radius 3 is 2.71 bits per heavy atom. The molecule has 0 aromatic carbocycles. The van der Waals surface area contributed by atoms with Gasteiger partial charge in [0.05, 0.1) is 18.8 Å². The zero-order valence-corrected chi connectivity index (χ0v) is 7.88. The Morgan fingerprint density at radius 2 is 2.21 bits per heavy atom. The molecule has 1 aliphatic heterocycles. The summed E-state index contributed by atoms with van der Waals surface area (Å²) in [7, 11) is 0. The van der Waals surface area contributed by atoms with Gasteiger partial charge in [-0.1, -0.05) is 0 Å². The summed E-state index contributed by atoms with van der Waals surface area (Å²) in [4.78, 5) is 10.7. The fourth-order valence-corrected chi connectivity index (χ4v) is 1.45. The van der Waals surface area contributed by atoms with E-state index in [2.05, 4.69) is 5.32 Å². The predicted octanol–water partition coefficient (Wildman–Crippen LogP) is -2.05. The van der Waals surface area contributed by atoms with Crippen molar-refractivity contribution >= 4 is 5.91 Å². The van der Waals surface area contributed by atoms with E-state index >= 15 is 0 Å². The van der Waals surface area contributed by atoms with Crippen LogP contribution in [0, 0.1) is 0 Å². The molecule has 6 heteroatoms. The van der Waals surface area contributed by atoms with Crippen molar-refractivity contribution in [3.05, 3.63) is 0 Å². The molecule has 6 nitrogen and oxygen atoms in total. The van der Waals surface area contributed by atoms with E-state index in [1.807, 2.05) is 0 Å². The van der Waals surface area contributed by atoms with Crippen LogP contribution in [-0.4, -0.2) is 52.4 Å². The van der Waals surface area contributed by atoms with E-state index in [-0.39, 0.29) is 18.9 Å². The number of carbonyl (C=O) groups is 1. The Bertz CT molecular complexity index is 210. The van der Waals surface area contributed by atoms with Crippen LogP contribution in [-0.2, 0) is 9.53 Å². The molecule has 1 rings (SSSR count). The minimum absolute atomic E-state index is 0.173. The second-order valence-electron chi connectivity index (χ2n) is 3.36. The summed E-state index contributed by atoms with van der Waals surface area (Å²) >= 11 is 0. The Morgan fingerprint density at radius 1 is 1.57 bits per heavy atom. The molecule has 0 aromatic heterocycles. The van der Waals surface area contributed by atoms with Gasteiger partial charge in [-0.3, -0.25) is 4.79 Å². The van der Waals surface area contributed by atoms with E-state index < -0.39 is 24.5 Å². The van der Waals surface area contributed by atoms with E-state index in [4.69, 9.17) is 9.84 Å². The summed E-state index contributed by atoms with van der Waals surface area (Å²) in [6, 6.07) is -0.620. The number of amides is 1. The highest BCUT2D eigenvalue weighted by atomic mass is 16.6. The van der Waals surface area contributed by atoms with Gasteiger partial charge < -0.3 is 25.4 Å². The summed E-state index contributed by atoms with van der Waals surface area (Å²) in [5.74, 6) is -0.299. The molecule has 14 heavy (non-hydrogen) atoms. The number of aliphatic hydroxyl groups is 3. The molecule has 0 aliphatic carbocycles. The molecule has 1 fully saturated rings. The highest BCUT2D eigenvalue weighted by Crippen LogP contribution is 2.18. The van der Waals surface area contributed by atoms with Crippen molar-refractivity contribution in [2.45, 2.75) is 37.9 Å². The van der Waals surface area contributed by atoms with Gasteiger partial charge in [0.25, 0.3) is 0 Å². The highest BCUT2D eigenvalue weighted by molar-refractivity contribution is 5.73. The molecule has 4 atom stereocenters. The SMILES string of the molecule is CC(=O)N[C@@H]1C[C@H](O)[C@@H](CO)O[C@H]1O. The van der Waals surface area contributed by atoms with Crippen LogP contribution in [0.25, 0.3) is 0 Å². The van der Waals surface area contributed by atoms with E-state index in [1.165, 1.54) is 6.92 Å². The predicted molar refractivity (Wildman–Crippen MR) is 46.2 cm³/mol. The molecule has 1 amide bonds. The molecule has 0 spiro atoms. The van der Waals surface area contributed by atoms with Crippen molar-refractivity contribution in [2.24, 2.45) is 0 Å². The lowest BCUT2D eigenvalue weighted by atomic mass is 10.0. The van der Waals surface area contributed by atoms with Gasteiger partial charge in [0.1, 0.15) is 6.10 Å². The largest absolute Gasteiger partial charge is 0.394 e. The molecular weight excluding hydrogens is 190 g/mol. The average Bonchev–Trinajstić information content (AvgIpc) is 2.10. The third-order valence-corrected chi connectivity index (χ3v) is 2.15. The number of nitrogens with one attached hydrogen (secondary N) is 1. The summed E-state index contributed by atoms with van der Waals surface area (Å²) in [6.07, 6.45) is -2.67. The molecule has 1 heterocycles. The quantitative estimate of drug-likeness (QED) is 0.416. The maximum Gasteiger partial charge on any atom is 0.217 e. The molecular formula is C8H15NO5. The van der Waals surface area contributed by atoms with Gasteiger partial charge in [-0.25, -0.2) is 0 Å². The van der Waals surface area contributed by atoms with Crippen LogP contribution in [0.5, 0.6) is 0 Å². The number of rotatable bonds is 2. The van der Waals surface area contributed by atoms with Crippen LogP contribution in [0.1, 0.15) is 13.3 Å². The second-order valence-corrected chi connectivity index (χ2v) is 3.36. The fraction of sp³-hybridized carbons (Fsp3) is 0.875. The zero-order valence-electron chi connectivity index (χ0n) is 7.88. The summed E-state index contributed by atoms with van der Waals surface area (Å²) in [5.41, 5.74) is 0. The van der Waals surface area contributed by atoms with Crippen molar-refractivity contribution in [1.82, 2.24) is 5.32 Å². The fourth-order valence-electron chi connectivity index (χ4n) is 1.45. The van der Waals surface area contributed by atoms with Gasteiger partial charge in [-0.15, -0.1) is 0 Å². The highest BCUT2D eigenvalue weighted by Gasteiger charge is 2.36. The monoisotopic (exact) mass is 205 g/mol. The maximum absolute atomic E-state index is 10.7. The molecule has 4 N–H and O–H groups in total. The van der Waals surface area contributed by atoms with Crippen molar-refractivity contribution < 1.29 is 24.9 Å². The Hall–Kier alpha value is -0.690. The van der Waals surface area contributed by atoms with Gasteiger partial charge >= 0.3 is 0 Å². The summed E-state index contributed by atoms with van der Waals surface area (Å²) in [5, 5.41) is 30.0. The first kappa shape index (κ1) is 11.4. The van der Waals surface area contributed by atoms with Crippen LogP contribution >= 0.6 is 0 Å². The van der Waals surface area contributed by atoms with Crippen LogP contribution in [0.3, 0.4) is 0 Å². The Kier molecular flexibility index (Phi) is 3.82. The first-order valence-electron chi connectivity index (χ1n) is 4.44. The number of carbonyl (C=O) groups excluding carboxylic acids is 1. The zero-order chi connectivity index (χ0) is 10.7. The van der Waals surface area contributed by atoms with E-state index in [1.54, 1.807) is 0 Å². The smallest absolute Gasteiger partial charge is 0.217 e. The summed E-state index contributed by atoms with van der Waals surface area (Å²) < 4.78 is 4.90. The van der Waals surface area contributed by atoms with Gasteiger partial charge in [0.15, 0.2) is 6.29 Å². The van der Waals surface area contributed by atoms with Crippen LogP contribution in [0.2, 0.25) is 0 Å². The first-order valence-corrected chi connectivity index (χ1v) is 4.44. The lowest BCUT2D eigenvalue weighted by Gasteiger charge is -2.36. The van der Waals surface area contributed by atoms with Gasteiger partial charge in [-0.05, 0) is 0 Å².